The SMILES string of the molecule is CC(C)(CO)NCC(O)c1ccc(F)cc1F. The van der Waals surface area contributed by atoms with Crippen LogP contribution in [0.1, 0.15) is 25.5 Å². The molecule has 17 heavy (non-hydrogen) atoms. The molecule has 0 aliphatic heterocycles. The van der Waals surface area contributed by atoms with Crippen LogP contribution in [0, 0.1) is 11.6 Å². The fraction of sp³-hybridized carbons (Fsp3) is 0.500. The van der Waals surface area contributed by atoms with E-state index < -0.39 is 23.3 Å². The van der Waals surface area contributed by atoms with Crippen LogP contribution in [0.25, 0.3) is 0 Å². The third-order valence-electron chi connectivity index (χ3n) is 2.49. The number of aliphatic hydroxyl groups is 2. The molecular formula is C12H17F2NO2. The van der Waals surface area contributed by atoms with E-state index in [0.717, 1.165) is 12.1 Å². The first kappa shape index (κ1) is 14.0. The van der Waals surface area contributed by atoms with Gasteiger partial charge >= 0.3 is 0 Å². The Bertz CT molecular complexity index is 383. The summed E-state index contributed by atoms with van der Waals surface area (Å²) in [5.74, 6) is -1.46. The molecule has 1 aromatic rings. The zero-order chi connectivity index (χ0) is 13.1. The standard InChI is InChI=1S/C12H17F2NO2/c1-12(2,7-16)15-6-11(17)9-4-3-8(13)5-10(9)14/h3-5,11,15-17H,6-7H2,1-2H3. The van der Waals surface area contributed by atoms with E-state index >= 15 is 0 Å². The van der Waals surface area contributed by atoms with E-state index in [1.165, 1.54) is 6.07 Å². The molecule has 0 aliphatic rings. The minimum absolute atomic E-state index is 0.0349. The summed E-state index contributed by atoms with van der Waals surface area (Å²) in [5, 5.41) is 21.6. The van der Waals surface area contributed by atoms with E-state index in [0.29, 0.717) is 0 Å². The largest absolute Gasteiger partial charge is 0.394 e. The average molecular weight is 245 g/mol. The Labute approximate surface area is 99.1 Å². The van der Waals surface area contributed by atoms with E-state index in [2.05, 4.69) is 5.32 Å². The van der Waals surface area contributed by atoms with Crippen molar-refractivity contribution in [2.75, 3.05) is 13.2 Å². The fourth-order valence-corrected chi connectivity index (χ4v) is 1.31. The van der Waals surface area contributed by atoms with Gasteiger partial charge in [0.25, 0.3) is 0 Å². The Kier molecular flexibility index (Phi) is 4.56. The van der Waals surface area contributed by atoms with Crippen molar-refractivity contribution in [2.45, 2.75) is 25.5 Å². The van der Waals surface area contributed by atoms with Crippen molar-refractivity contribution in [3.8, 4) is 0 Å². The molecule has 0 radical (unpaired) electrons. The molecule has 1 aromatic carbocycles. The minimum atomic E-state index is -1.08. The lowest BCUT2D eigenvalue weighted by atomic mass is 10.0. The molecule has 0 amide bonds. The predicted octanol–water partition coefficient (Wildman–Crippen LogP) is 1.36. The van der Waals surface area contributed by atoms with Crippen LogP contribution in [0.3, 0.4) is 0 Å². The molecular weight excluding hydrogens is 228 g/mol. The van der Waals surface area contributed by atoms with Crippen molar-refractivity contribution in [3.63, 3.8) is 0 Å². The molecule has 0 spiro atoms. The van der Waals surface area contributed by atoms with Crippen LogP contribution in [0.5, 0.6) is 0 Å². The summed E-state index contributed by atoms with van der Waals surface area (Å²) in [6.07, 6.45) is -1.08. The van der Waals surface area contributed by atoms with Gasteiger partial charge in [-0.3, -0.25) is 0 Å². The Morgan fingerprint density at radius 3 is 2.53 bits per heavy atom. The lowest BCUT2D eigenvalue weighted by molar-refractivity contribution is 0.133. The molecule has 1 rings (SSSR count). The van der Waals surface area contributed by atoms with Crippen LogP contribution in [0.4, 0.5) is 8.78 Å². The number of aliphatic hydroxyl groups excluding tert-OH is 2. The van der Waals surface area contributed by atoms with E-state index in [9.17, 15) is 13.9 Å². The maximum absolute atomic E-state index is 13.3. The molecule has 3 nitrogen and oxygen atoms in total. The van der Waals surface area contributed by atoms with Crippen LogP contribution in [0.15, 0.2) is 18.2 Å². The Hall–Kier alpha value is -1.04. The molecule has 5 heteroatoms. The Morgan fingerprint density at radius 1 is 1.35 bits per heavy atom. The van der Waals surface area contributed by atoms with Crippen LogP contribution in [0.2, 0.25) is 0 Å². The summed E-state index contributed by atoms with van der Waals surface area (Å²) in [6, 6.07) is 3.04. The van der Waals surface area contributed by atoms with Gasteiger partial charge in [-0.25, -0.2) is 8.78 Å². The van der Waals surface area contributed by atoms with Crippen LogP contribution < -0.4 is 5.32 Å². The zero-order valence-corrected chi connectivity index (χ0v) is 9.87. The highest BCUT2D eigenvalue weighted by molar-refractivity contribution is 5.21. The number of benzene rings is 1. The molecule has 0 heterocycles. The second-order valence-corrected chi connectivity index (χ2v) is 4.60. The van der Waals surface area contributed by atoms with Crippen LogP contribution in [-0.2, 0) is 0 Å². The third kappa shape index (κ3) is 4.03. The maximum Gasteiger partial charge on any atom is 0.131 e. The second kappa shape index (κ2) is 5.53. The fourth-order valence-electron chi connectivity index (χ4n) is 1.31. The second-order valence-electron chi connectivity index (χ2n) is 4.60. The van der Waals surface area contributed by atoms with Crippen molar-refractivity contribution in [1.29, 1.82) is 0 Å². The monoisotopic (exact) mass is 245 g/mol. The van der Waals surface area contributed by atoms with Crippen molar-refractivity contribution in [1.82, 2.24) is 5.32 Å². The van der Waals surface area contributed by atoms with Gasteiger partial charge in [-0.05, 0) is 19.9 Å². The Balaban J connectivity index is 2.67. The van der Waals surface area contributed by atoms with Crippen LogP contribution in [-0.4, -0.2) is 28.9 Å². The quantitative estimate of drug-likeness (QED) is 0.734. The predicted molar refractivity (Wildman–Crippen MR) is 60.5 cm³/mol. The van der Waals surface area contributed by atoms with Gasteiger partial charge in [0.2, 0.25) is 0 Å². The molecule has 96 valence electrons. The maximum atomic E-state index is 13.3. The zero-order valence-electron chi connectivity index (χ0n) is 9.87. The summed E-state index contributed by atoms with van der Waals surface area (Å²) in [7, 11) is 0. The van der Waals surface area contributed by atoms with Gasteiger partial charge in [-0.15, -0.1) is 0 Å². The van der Waals surface area contributed by atoms with Crippen LogP contribution >= 0.6 is 0 Å². The molecule has 0 saturated carbocycles. The smallest absolute Gasteiger partial charge is 0.131 e. The number of halogens is 2. The molecule has 0 saturated heterocycles. The molecule has 0 fully saturated rings. The van der Waals surface area contributed by atoms with Gasteiger partial charge in [0, 0.05) is 23.7 Å². The van der Waals surface area contributed by atoms with Crippen molar-refractivity contribution >= 4 is 0 Å². The highest BCUT2D eigenvalue weighted by atomic mass is 19.1. The molecule has 3 N–H and O–H groups in total. The summed E-state index contributed by atoms with van der Waals surface area (Å²) < 4.78 is 26.0. The summed E-state index contributed by atoms with van der Waals surface area (Å²) in [5.41, 5.74) is -0.523. The van der Waals surface area contributed by atoms with E-state index in [4.69, 9.17) is 5.11 Å². The third-order valence-corrected chi connectivity index (χ3v) is 2.49. The molecule has 0 aromatic heterocycles. The first-order chi connectivity index (χ1) is 7.85. The van der Waals surface area contributed by atoms with E-state index in [1.807, 2.05) is 0 Å². The summed E-state index contributed by atoms with van der Waals surface area (Å²) in [6.45, 7) is 3.48. The molecule has 1 unspecified atom stereocenters. The van der Waals surface area contributed by atoms with E-state index in [-0.39, 0.29) is 18.7 Å². The first-order valence-electron chi connectivity index (χ1n) is 5.34. The summed E-state index contributed by atoms with van der Waals surface area (Å²) in [4.78, 5) is 0. The summed E-state index contributed by atoms with van der Waals surface area (Å²) >= 11 is 0. The van der Waals surface area contributed by atoms with Gasteiger partial charge in [-0.2, -0.15) is 0 Å². The molecule has 0 aliphatic carbocycles. The number of β-amino-alcohol motifs (C(OH)–C–C–N with tert-alkyl or cyclic N) is 1. The lowest BCUT2D eigenvalue weighted by Gasteiger charge is -2.25. The van der Waals surface area contributed by atoms with E-state index in [1.54, 1.807) is 13.8 Å². The van der Waals surface area contributed by atoms with Crippen molar-refractivity contribution < 1.29 is 19.0 Å². The normalized spacial score (nSPS) is 13.8. The Morgan fingerprint density at radius 2 is 2.00 bits per heavy atom. The average Bonchev–Trinajstić information content (AvgIpc) is 2.26. The van der Waals surface area contributed by atoms with Gasteiger partial charge in [0.05, 0.1) is 12.7 Å². The number of rotatable bonds is 5. The molecule has 1 atom stereocenters. The lowest BCUT2D eigenvalue weighted by Crippen LogP contribution is -2.44. The number of hydrogen-bond donors (Lipinski definition) is 3. The van der Waals surface area contributed by atoms with Crippen molar-refractivity contribution in [3.05, 3.63) is 35.4 Å². The van der Waals surface area contributed by atoms with Gasteiger partial charge < -0.3 is 15.5 Å². The highest BCUT2D eigenvalue weighted by Crippen LogP contribution is 2.18. The topological polar surface area (TPSA) is 52.5 Å². The highest BCUT2D eigenvalue weighted by Gasteiger charge is 2.19. The van der Waals surface area contributed by atoms with Crippen molar-refractivity contribution in [2.24, 2.45) is 0 Å². The van der Waals surface area contributed by atoms with Gasteiger partial charge in [0.1, 0.15) is 11.6 Å². The van der Waals surface area contributed by atoms with Gasteiger partial charge in [-0.1, -0.05) is 6.07 Å². The number of nitrogens with one attached hydrogen (secondary N) is 1. The molecule has 0 bridgehead atoms. The number of hydrogen-bond acceptors (Lipinski definition) is 3. The minimum Gasteiger partial charge on any atom is -0.394 e. The first-order valence-corrected chi connectivity index (χ1v) is 5.34. The van der Waals surface area contributed by atoms with Gasteiger partial charge in [0.15, 0.2) is 0 Å².